The van der Waals surface area contributed by atoms with Gasteiger partial charge < -0.3 is 10.2 Å². The number of hydrogen-bond acceptors (Lipinski definition) is 2. The van der Waals surface area contributed by atoms with Gasteiger partial charge in [0.1, 0.15) is 0 Å². The maximum atomic E-state index is 13.0. The summed E-state index contributed by atoms with van der Waals surface area (Å²) >= 11 is 0. The summed E-state index contributed by atoms with van der Waals surface area (Å²) in [6.45, 7) is 6.83. The summed E-state index contributed by atoms with van der Waals surface area (Å²) in [7, 11) is 1.94. The Morgan fingerprint density at radius 3 is 2.62 bits per heavy atom. The van der Waals surface area contributed by atoms with Crippen molar-refractivity contribution in [2.75, 3.05) is 20.1 Å². The molecule has 1 amide bonds. The van der Waals surface area contributed by atoms with E-state index in [2.05, 4.69) is 43.4 Å². The standard InChI is InChI=1S/C18H28N2O/c1-4-10-18(11-5-12-19-14-18)17(21)20(3)13-16-8-6-15(2)7-9-16/h6-9,19H,4-5,10-14H2,1-3H3. The average Bonchev–Trinajstić information content (AvgIpc) is 2.50. The molecule has 1 unspecified atom stereocenters. The van der Waals surface area contributed by atoms with Gasteiger partial charge in [-0.3, -0.25) is 4.79 Å². The number of nitrogens with one attached hydrogen (secondary N) is 1. The second-order valence-corrected chi connectivity index (χ2v) is 6.46. The lowest BCUT2D eigenvalue weighted by Gasteiger charge is -2.39. The number of rotatable bonds is 5. The fraction of sp³-hybridized carbons (Fsp3) is 0.611. The van der Waals surface area contributed by atoms with Gasteiger partial charge in [-0.05, 0) is 38.3 Å². The van der Waals surface area contributed by atoms with E-state index in [4.69, 9.17) is 0 Å². The lowest BCUT2D eigenvalue weighted by atomic mass is 9.75. The lowest BCUT2D eigenvalue weighted by molar-refractivity contribution is -0.143. The zero-order valence-electron chi connectivity index (χ0n) is 13.6. The SMILES string of the molecule is CCCC1(C(=O)N(C)Cc2ccc(C)cc2)CCCNC1. The first-order chi connectivity index (χ1) is 10.1. The Morgan fingerprint density at radius 1 is 1.33 bits per heavy atom. The summed E-state index contributed by atoms with van der Waals surface area (Å²) in [6, 6.07) is 8.45. The topological polar surface area (TPSA) is 32.3 Å². The van der Waals surface area contributed by atoms with Gasteiger partial charge in [-0.2, -0.15) is 0 Å². The molecule has 1 aliphatic rings. The van der Waals surface area contributed by atoms with Crippen LogP contribution < -0.4 is 5.32 Å². The normalized spacial score (nSPS) is 22.0. The van der Waals surface area contributed by atoms with Crippen molar-refractivity contribution < 1.29 is 4.79 Å². The highest BCUT2D eigenvalue weighted by molar-refractivity contribution is 5.83. The fourth-order valence-corrected chi connectivity index (χ4v) is 3.39. The van der Waals surface area contributed by atoms with E-state index >= 15 is 0 Å². The zero-order valence-corrected chi connectivity index (χ0v) is 13.6. The number of amides is 1. The molecule has 1 N–H and O–H groups in total. The number of nitrogens with zero attached hydrogens (tertiary/aromatic N) is 1. The van der Waals surface area contributed by atoms with E-state index < -0.39 is 0 Å². The van der Waals surface area contributed by atoms with Crippen molar-refractivity contribution in [3.8, 4) is 0 Å². The molecular weight excluding hydrogens is 260 g/mol. The molecule has 0 aromatic heterocycles. The van der Waals surface area contributed by atoms with Crippen LogP contribution in [-0.2, 0) is 11.3 Å². The van der Waals surface area contributed by atoms with Gasteiger partial charge in [-0.25, -0.2) is 0 Å². The highest BCUT2D eigenvalue weighted by Crippen LogP contribution is 2.33. The molecule has 0 aliphatic carbocycles. The van der Waals surface area contributed by atoms with E-state index in [9.17, 15) is 4.79 Å². The summed E-state index contributed by atoms with van der Waals surface area (Å²) in [6.07, 6.45) is 4.16. The van der Waals surface area contributed by atoms with Crippen LogP contribution in [0.1, 0.15) is 43.7 Å². The number of hydrogen-bond donors (Lipinski definition) is 1. The molecule has 0 radical (unpaired) electrons. The maximum Gasteiger partial charge on any atom is 0.230 e. The van der Waals surface area contributed by atoms with Gasteiger partial charge in [0.25, 0.3) is 0 Å². The lowest BCUT2D eigenvalue weighted by Crippen LogP contribution is -2.50. The molecule has 1 aromatic rings. The second-order valence-electron chi connectivity index (χ2n) is 6.46. The molecule has 1 heterocycles. The van der Waals surface area contributed by atoms with Crippen LogP contribution in [0.4, 0.5) is 0 Å². The van der Waals surface area contributed by atoms with Crippen LogP contribution >= 0.6 is 0 Å². The van der Waals surface area contributed by atoms with Gasteiger partial charge >= 0.3 is 0 Å². The first-order valence-electron chi connectivity index (χ1n) is 8.09. The van der Waals surface area contributed by atoms with Crippen LogP contribution in [-0.4, -0.2) is 30.9 Å². The molecule has 0 bridgehead atoms. The predicted octanol–water partition coefficient (Wildman–Crippen LogP) is 3.12. The Labute approximate surface area is 128 Å². The van der Waals surface area contributed by atoms with Gasteiger partial charge in [0.2, 0.25) is 5.91 Å². The Balaban J connectivity index is 2.07. The first kappa shape index (κ1) is 16.0. The van der Waals surface area contributed by atoms with Crippen LogP contribution in [0, 0.1) is 12.3 Å². The Kier molecular flexibility index (Phi) is 5.40. The Bertz CT molecular complexity index is 455. The third kappa shape index (κ3) is 3.85. The monoisotopic (exact) mass is 288 g/mol. The predicted molar refractivity (Wildman–Crippen MR) is 87.1 cm³/mol. The molecule has 0 saturated carbocycles. The van der Waals surface area contributed by atoms with Crippen molar-refractivity contribution in [2.24, 2.45) is 5.41 Å². The van der Waals surface area contributed by atoms with Crippen molar-refractivity contribution in [1.29, 1.82) is 0 Å². The second kappa shape index (κ2) is 7.08. The Morgan fingerprint density at radius 2 is 2.05 bits per heavy atom. The number of carbonyl (C=O) groups excluding carboxylic acids is 1. The van der Waals surface area contributed by atoms with Crippen molar-refractivity contribution in [2.45, 2.75) is 46.1 Å². The smallest absolute Gasteiger partial charge is 0.230 e. The third-order valence-electron chi connectivity index (χ3n) is 4.54. The van der Waals surface area contributed by atoms with E-state index in [0.29, 0.717) is 12.5 Å². The molecular formula is C18H28N2O. The largest absolute Gasteiger partial charge is 0.341 e. The highest BCUT2D eigenvalue weighted by atomic mass is 16.2. The summed E-state index contributed by atoms with van der Waals surface area (Å²) < 4.78 is 0. The summed E-state index contributed by atoms with van der Waals surface area (Å²) in [4.78, 5) is 14.9. The summed E-state index contributed by atoms with van der Waals surface area (Å²) in [5.41, 5.74) is 2.27. The molecule has 1 fully saturated rings. The van der Waals surface area contributed by atoms with Gasteiger partial charge in [-0.1, -0.05) is 43.2 Å². The highest BCUT2D eigenvalue weighted by Gasteiger charge is 2.40. The number of piperidine rings is 1. The van der Waals surface area contributed by atoms with Crippen LogP contribution in [0.25, 0.3) is 0 Å². The van der Waals surface area contributed by atoms with Crippen molar-refractivity contribution >= 4 is 5.91 Å². The molecule has 0 spiro atoms. The molecule has 3 heteroatoms. The minimum absolute atomic E-state index is 0.188. The van der Waals surface area contributed by atoms with E-state index in [1.165, 1.54) is 11.1 Å². The van der Waals surface area contributed by atoms with Crippen molar-refractivity contribution in [3.05, 3.63) is 35.4 Å². The first-order valence-corrected chi connectivity index (χ1v) is 8.09. The van der Waals surface area contributed by atoms with Crippen molar-refractivity contribution in [1.82, 2.24) is 10.2 Å². The number of benzene rings is 1. The molecule has 21 heavy (non-hydrogen) atoms. The van der Waals surface area contributed by atoms with Crippen LogP contribution in [0.2, 0.25) is 0 Å². The van der Waals surface area contributed by atoms with E-state index in [0.717, 1.165) is 38.8 Å². The number of carbonyl (C=O) groups is 1. The minimum Gasteiger partial charge on any atom is -0.341 e. The molecule has 116 valence electrons. The third-order valence-corrected chi connectivity index (χ3v) is 4.54. The maximum absolute atomic E-state index is 13.0. The van der Waals surface area contributed by atoms with Gasteiger partial charge in [0, 0.05) is 20.1 Å². The van der Waals surface area contributed by atoms with Crippen LogP contribution in [0.5, 0.6) is 0 Å². The molecule has 2 rings (SSSR count). The number of aryl methyl sites for hydroxylation is 1. The van der Waals surface area contributed by atoms with E-state index in [1.54, 1.807) is 0 Å². The molecule has 3 nitrogen and oxygen atoms in total. The van der Waals surface area contributed by atoms with Crippen LogP contribution in [0.15, 0.2) is 24.3 Å². The molecule has 1 atom stereocenters. The summed E-state index contributed by atoms with van der Waals surface area (Å²) in [5.74, 6) is 0.303. The van der Waals surface area contributed by atoms with E-state index in [1.807, 2.05) is 11.9 Å². The molecule has 1 aliphatic heterocycles. The van der Waals surface area contributed by atoms with Crippen LogP contribution in [0.3, 0.4) is 0 Å². The minimum atomic E-state index is -0.188. The average molecular weight is 288 g/mol. The van der Waals surface area contributed by atoms with Gasteiger partial charge in [-0.15, -0.1) is 0 Å². The molecule has 1 aromatic carbocycles. The van der Waals surface area contributed by atoms with Crippen molar-refractivity contribution in [3.63, 3.8) is 0 Å². The van der Waals surface area contributed by atoms with E-state index in [-0.39, 0.29) is 5.41 Å². The summed E-state index contributed by atoms with van der Waals surface area (Å²) in [5, 5.41) is 3.42. The fourth-order valence-electron chi connectivity index (χ4n) is 3.39. The van der Waals surface area contributed by atoms with Gasteiger partial charge in [0.15, 0.2) is 0 Å². The quantitative estimate of drug-likeness (QED) is 0.903. The van der Waals surface area contributed by atoms with Gasteiger partial charge in [0.05, 0.1) is 5.41 Å². The zero-order chi connectivity index (χ0) is 15.3. The molecule has 1 saturated heterocycles. The Hall–Kier alpha value is -1.35.